The molecule has 3 rings (SSSR count). The standard InChI is InChI=1S/C16H19ClN4O3/c17-11-5-1-2-6-12(11)18-9-13(22)19-8-10-4-3-7-16(10)14(23)20-15(24)21-16/h1-2,5-6,10,18H,3-4,7-9H2,(H,19,22)(H2,20,21,23,24)/t10-,16+/m1/s1. The lowest BCUT2D eigenvalue weighted by Crippen LogP contribution is -2.53. The van der Waals surface area contributed by atoms with Gasteiger partial charge in [0, 0.05) is 12.5 Å². The predicted molar refractivity (Wildman–Crippen MR) is 89.7 cm³/mol. The zero-order chi connectivity index (χ0) is 17.2. The van der Waals surface area contributed by atoms with E-state index in [1.807, 2.05) is 12.1 Å². The van der Waals surface area contributed by atoms with E-state index in [1.165, 1.54) is 0 Å². The van der Waals surface area contributed by atoms with Crippen molar-refractivity contribution in [2.24, 2.45) is 5.92 Å². The van der Waals surface area contributed by atoms with Gasteiger partial charge in [-0.05, 0) is 25.0 Å². The van der Waals surface area contributed by atoms with E-state index in [-0.39, 0.29) is 24.3 Å². The van der Waals surface area contributed by atoms with Gasteiger partial charge in [0.15, 0.2) is 0 Å². The van der Waals surface area contributed by atoms with Gasteiger partial charge >= 0.3 is 6.03 Å². The van der Waals surface area contributed by atoms with Crippen molar-refractivity contribution in [3.8, 4) is 0 Å². The second kappa shape index (κ2) is 6.68. The molecule has 1 heterocycles. The van der Waals surface area contributed by atoms with Crippen LogP contribution in [0.25, 0.3) is 0 Å². The molecule has 2 fully saturated rings. The second-order valence-electron chi connectivity index (χ2n) is 6.11. The number of halogens is 1. The van der Waals surface area contributed by atoms with Crippen molar-refractivity contribution in [3.63, 3.8) is 0 Å². The summed E-state index contributed by atoms with van der Waals surface area (Å²) in [7, 11) is 0. The van der Waals surface area contributed by atoms with E-state index in [2.05, 4.69) is 21.3 Å². The molecule has 8 heteroatoms. The maximum Gasteiger partial charge on any atom is 0.322 e. The highest BCUT2D eigenvalue weighted by atomic mass is 35.5. The number of carbonyl (C=O) groups excluding carboxylic acids is 3. The summed E-state index contributed by atoms with van der Waals surface area (Å²) in [5.74, 6) is -0.589. The molecule has 1 aliphatic carbocycles. The van der Waals surface area contributed by atoms with Crippen molar-refractivity contribution in [2.75, 3.05) is 18.4 Å². The molecular weight excluding hydrogens is 332 g/mol. The first-order valence-electron chi connectivity index (χ1n) is 7.90. The first kappa shape index (κ1) is 16.6. The van der Waals surface area contributed by atoms with Gasteiger partial charge in [0.2, 0.25) is 5.91 Å². The third-order valence-corrected chi connectivity index (χ3v) is 4.98. The van der Waals surface area contributed by atoms with Crippen molar-refractivity contribution in [3.05, 3.63) is 29.3 Å². The van der Waals surface area contributed by atoms with Crippen LogP contribution >= 0.6 is 11.6 Å². The Labute approximate surface area is 144 Å². The summed E-state index contributed by atoms with van der Waals surface area (Å²) in [6.45, 7) is 0.429. The number of hydrogen-bond acceptors (Lipinski definition) is 4. The van der Waals surface area contributed by atoms with Crippen LogP contribution in [0.5, 0.6) is 0 Å². The van der Waals surface area contributed by atoms with Gasteiger partial charge in [-0.2, -0.15) is 0 Å². The number of anilines is 1. The van der Waals surface area contributed by atoms with Crippen LogP contribution in [-0.2, 0) is 9.59 Å². The third kappa shape index (κ3) is 3.17. The minimum Gasteiger partial charge on any atom is -0.375 e. The summed E-state index contributed by atoms with van der Waals surface area (Å²) in [5.41, 5.74) is -0.186. The molecule has 1 aliphatic heterocycles. The molecule has 0 unspecified atom stereocenters. The molecule has 1 saturated heterocycles. The predicted octanol–water partition coefficient (Wildman–Crippen LogP) is 1.25. The second-order valence-corrected chi connectivity index (χ2v) is 6.51. The molecule has 4 N–H and O–H groups in total. The summed E-state index contributed by atoms with van der Waals surface area (Å²) in [6.07, 6.45) is 2.22. The highest BCUT2D eigenvalue weighted by Gasteiger charge is 2.54. The molecule has 1 spiro atoms. The number of para-hydroxylation sites is 1. The SMILES string of the molecule is O=C(CNc1ccccc1Cl)NC[C@H]1CCC[C@]12NC(=O)NC2=O. The lowest BCUT2D eigenvalue weighted by Gasteiger charge is -2.28. The van der Waals surface area contributed by atoms with Crippen molar-refractivity contribution in [1.82, 2.24) is 16.0 Å². The zero-order valence-corrected chi connectivity index (χ0v) is 13.8. The van der Waals surface area contributed by atoms with Crippen LogP contribution in [0.1, 0.15) is 19.3 Å². The molecule has 1 saturated carbocycles. The van der Waals surface area contributed by atoms with E-state index in [0.717, 1.165) is 12.8 Å². The van der Waals surface area contributed by atoms with Crippen LogP contribution in [0.4, 0.5) is 10.5 Å². The Hall–Kier alpha value is -2.28. The van der Waals surface area contributed by atoms with E-state index in [9.17, 15) is 14.4 Å². The van der Waals surface area contributed by atoms with Gasteiger partial charge in [0.25, 0.3) is 5.91 Å². The molecule has 2 aliphatic rings. The number of rotatable bonds is 5. The van der Waals surface area contributed by atoms with Gasteiger partial charge in [-0.15, -0.1) is 0 Å². The normalized spacial score (nSPS) is 25.5. The third-order valence-electron chi connectivity index (χ3n) is 4.65. The molecular formula is C16H19ClN4O3. The van der Waals surface area contributed by atoms with Crippen molar-refractivity contribution in [2.45, 2.75) is 24.8 Å². The van der Waals surface area contributed by atoms with Crippen molar-refractivity contribution < 1.29 is 14.4 Å². The van der Waals surface area contributed by atoms with Crippen LogP contribution in [0.3, 0.4) is 0 Å². The first-order chi connectivity index (χ1) is 11.5. The molecule has 1 aromatic carbocycles. The lowest BCUT2D eigenvalue weighted by molar-refractivity contribution is -0.126. The largest absolute Gasteiger partial charge is 0.375 e. The maximum absolute atomic E-state index is 12.1. The number of imide groups is 1. The number of hydrogen-bond donors (Lipinski definition) is 4. The number of carbonyl (C=O) groups is 3. The van der Waals surface area contributed by atoms with Gasteiger partial charge in [0.1, 0.15) is 5.54 Å². The minimum atomic E-state index is -0.874. The molecule has 128 valence electrons. The van der Waals surface area contributed by atoms with E-state index in [0.29, 0.717) is 23.7 Å². The fourth-order valence-corrected chi connectivity index (χ4v) is 3.61. The van der Waals surface area contributed by atoms with Gasteiger partial charge in [-0.25, -0.2) is 4.79 Å². The Bertz CT molecular complexity index is 681. The van der Waals surface area contributed by atoms with Crippen LogP contribution in [0.15, 0.2) is 24.3 Å². The highest BCUT2D eigenvalue weighted by Crippen LogP contribution is 2.37. The molecule has 0 aromatic heterocycles. The molecule has 7 nitrogen and oxygen atoms in total. The lowest BCUT2D eigenvalue weighted by atomic mass is 9.87. The van der Waals surface area contributed by atoms with Gasteiger partial charge in [-0.1, -0.05) is 30.2 Å². The van der Waals surface area contributed by atoms with Gasteiger partial charge in [0.05, 0.1) is 17.3 Å². The van der Waals surface area contributed by atoms with Crippen molar-refractivity contribution >= 4 is 35.1 Å². The van der Waals surface area contributed by atoms with E-state index in [1.54, 1.807) is 12.1 Å². The average molecular weight is 351 g/mol. The van der Waals surface area contributed by atoms with Gasteiger partial charge in [-0.3, -0.25) is 14.9 Å². The summed E-state index contributed by atoms with van der Waals surface area (Å²) < 4.78 is 0. The van der Waals surface area contributed by atoms with E-state index < -0.39 is 11.6 Å². The topological polar surface area (TPSA) is 99.3 Å². The Morgan fingerprint density at radius 3 is 2.83 bits per heavy atom. The summed E-state index contributed by atoms with van der Waals surface area (Å²) in [5, 5.41) is 11.4. The van der Waals surface area contributed by atoms with Crippen LogP contribution in [0, 0.1) is 5.92 Å². The van der Waals surface area contributed by atoms with Gasteiger partial charge < -0.3 is 16.0 Å². The average Bonchev–Trinajstić information content (AvgIpc) is 3.08. The fourth-order valence-electron chi connectivity index (χ4n) is 3.40. The molecule has 2 atom stereocenters. The quantitative estimate of drug-likeness (QED) is 0.600. The van der Waals surface area contributed by atoms with Crippen LogP contribution in [0.2, 0.25) is 5.02 Å². The summed E-state index contributed by atoms with van der Waals surface area (Å²) in [6, 6.07) is 6.72. The van der Waals surface area contributed by atoms with Crippen molar-refractivity contribution in [1.29, 1.82) is 0 Å². The highest BCUT2D eigenvalue weighted by molar-refractivity contribution is 6.33. The Morgan fingerprint density at radius 1 is 1.33 bits per heavy atom. The molecule has 1 aromatic rings. The van der Waals surface area contributed by atoms with E-state index in [4.69, 9.17) is 11.6 Å². The first-order valence-corrected chi connectivity index (χ1v) is 8.28. The minimum absolute atomic E-state index is 0.0853. The summed E-state index contributed by atoms with van der Waals surface area (Å²) in [4.78, 5) is 35.5. The van der Waals surface area contributed by atoms with E-state index >= 15 is 0 Å². The molecule has 24 heavy (non-hydrogen) atoms. The van der Waals surface area contributed by atoms with Crippen LogP contribution in [-0.4, -0.2) is 36.5 Å². The Kier molecular flexibility index (Phi) is 4.62. The molecule has 0 bridgehead atoms. The fraction of sp³-hybridized carbons (Fsp3) is 0.438. The van der Waals surface area contributed by atoms with Crippen LogP contribution < -0.4 is 21.3 Å². The number of nitrogens with one attached hydrogen (secondary N) is 4. The number of amides is 4. The monoisotopic (exact) mass is 350 g/mol. The molecule has 4 amide bonds. The number of urea groups is 1. The summed E-state index contributed by atoms with van der Waals surface area (Å²) >= 11 is 6.02. The maximum atomic E-state index is 12.1. The Balaban J connectivity index is 1.52. The molecule has 0 radical (unpaired) electrons. The number of benzene rings is 1. The Morgan fingerprint density at radius 2 is 2.12 bits per heavy atom. The zero-order valence-electron chi connectivity index (χ0n) is 13.0. The smallest absolute Gasteiger partial charge is 0.322 e.